The van der Waals surface area contributed by atoms with Crippen molar-refractivity contribution in [2.75, 3.05) is 13.7 Å². The maximum atomic E-state index is 11.8. The second-order valence-electron chi connectivity index (χ2n) is 5.18. The summed E-state index contributed by atoms with van der Waals surface area (Å²) in [5.41, 5.74) is 1.17. The van der Waals surface area contributed by atoms with Crippen LogP contribution < -0.4 is 15.4 Å². The van der Waals surface area contributed by atoms with Gasteiger partial charge in [0.1, 0.15) is 5.75 Å². The predicted octanol–water partition coefficient (Wildman–Crippen LogP) is 3.23. The van der Waals surface area contributed by atoms with E-state index in [1.807, 2.05) is 37.3 Å². The molecule has 0 bridgehead atoms. The Morgan fingerprint density at radius 3 is 2.68 bits per heavy atom. The molecule has 22 heavy (non-hydrogen) atoms. The van der Waals surface area contributed by atoms with E-state index in [1.54, 1.807) is 18.4 Å². The number of hydrogen-bond acceptors (Lipinski definition) is 3. The summed E-state index contributed by atoms with van der Waals surface area (Å²) in [4.78, 5) is 13.1. The molecule has 1 aromatic heterocycles. The Kier molecular flexibility index (Phi) is 6.27. The second-order valence-corrected chi connectivity index (χ2v) is 6.22. The van der Waals surface area contributed by atoms with Gasteiger partial charge in [0.25, 0.3) is 0 Å². The van der Waals surface area contributed by atoms with Crippen LogP contribution in [-0.4, -0.2) is 25.7 Å². The van der Waals surface area contributed by atoms with Crippen LogP contribution in [0.2, 0.25) is 0 Å². The van der Waals surface area contributed by atoms with Crippen LogP contribution in [-0.2, 0) is 12.8 Å². The van der Waals surface area contributed by atoms with Crippen LogP contribution in [0, 0.1) is 0 Å². The van der Waals surface area contributed by atoms with Gasteiger partial charge in [0.05, 0.1) is 7.11 Å². The number of methoxy groups -OCH3 is 1. The molecule has 2 aromatic rings. The Hall–Kier alpha value is -2.01. The summed E-state index contributed by atoms with van der Waals surface area (Å²) < 4.78 is 5.12. The molecule has 0 fully saturated rings. The number of thiophene rings is 1. The van der Waals surface area contributed by atoms with E-state index in [4.69, 9.17) is 4.74 Å². The number of carbonyl (C=O) groups excluding carboxylic acids is 1. The van der Waals surface area contributed by atoms with Gasteiger partial charge in [-0.2, -0.15) is 0 Å². The molecule has 1 heterocycles. The van der Waals surface area contributed by atoms with Crippen molar-refractivity contribution in [3.8, 4) is 5.75 Å². The van der Waals surface area contributed by atoms with Crippen molar-refractivity contribution in [3.63, 3.8) is 0 Å². The molecule has 118 valence electrons. The smallest absolute Gasteiger partial charge is 0.315 e. The minimum Gasteiger partial charge on any atom is -0.497 e. The fraction of sp³-hybridized carbons (Fsp3) is 0.353. The van der Waals surface area contributed by atoms with Gasteiger partial charge in [0, 0.05) is 23.9 Å². The first-order valence-electron chi connectivity index (χ1n) is 7.37. The Labute approximate surface area is 135 Å². The van der Waals surface area contributed by atoms with E-state index in [-0.39, 0.29) is 12.1 Å². The molecule has 0 aliphatic rings. The lowest BCUT2D eigenvalue weighted by Gasteiger charge is -2.14. The van der Waals surface area contributed by atoms with Crippen LogP contribution in [0.3, 0.4) is 0 Å². The van der Waals surface area contributed by atoms with Gasteiger partial charge in [0.2, 0.25) is 0 Å². The zero-order valence-electron chi connectivity index (χ0n) is 13.0. The first-order chi connectivity index (χ1) is 10.7. The molecule has 0 aliphatic heterocycles. The van der Waals surface area contributed by atoms with Crippen molar-refractivity contribution < 1.29 is 9.53 Å². The number of rotatable bonds is 7. The monoisotopic (exact) mass is 318 g/mol. The van der Waals surface area contributed by atoms with E-state index in [1.165, 1.54) is 10.4 Å². The van der Waals surface area contributed by atoms with E-state index < -0.39 is 0 Å². The van der Waals surface area contributed by atoms with Crippen LogP contribution in [0.4, 0.5) is 4.79 Å². The summed E-state index contributed by atoms with van der Waals surface area (Å²) in [5.74, 6) is 0.844. The highest BCUT2D eigenvalue weighted by molar-refractivity contribution is 7.09. The molecular weight excluding hydrogens is 296 g/mol. The second kappa shape index (κ2) is 8.44. The molecule has 0 saturated heterocycles. The SMILES string of the molecule is COc1ccc(CCNC(=O)N[C@H](C)Cc2cccs2)cc1. The van der Waals surface area contributed by atoms with Crippen molar-refractivity contribution in [2.24, 2.45) is 0 Å². The Morgan fingerprint density at radius 1 is 1.27 bits per heavy atom. The lowest BCUT2D eigenvalue weighted by atomic mass is 10.1. The molecule has 0 spiro atoms. The number of hydrogen-bond donors (Lipinski definition) is 2. The maximum Gasteiger partial charge on any atom is 0.315 e. The Morgan fingerprint density at radius 2 is 2.05 bits per heavy atom. The Balaban J connectivity index is 1.66. The van der Waals surface area contributed by atoms with Crippen molar-refractivity contribution in [1.82, 2.24) is 10.6 Å². The van der Waals surface area contributed by atoms with E-state index in [0.29, 0.717) is 6.54 Å². The van der Waals surface area contributed by atoms with Gasteiger partial charge in [-0.1, -0.05) is 18.2 Å². The van der Waals surface area contributed by atoms with Crippen molar-refractivity contribution >= 4 is 17.4 Å². The van der Waals surface area contributed by atoms with Gasteiger partial charge < -0.3 is 15.4 Å². The summed E-state index contributed by atoms with van der Waals surface area (Å²) in [7, 11) is 1.65. The largest absolute Gasteiger partial charge is 0.497 e. The van der Waals surface area contributed by atoms with Crippen molar-refractivity contribution in [3.05, 3.63) is 52.2 Å². The van der Waals surface area contributed by atoms with E-state index in [9.17, 15) is 4.79 Å². The third-order valence-electron chi connectivity index (χ3n) is 3.32. The molecule has 5 heteroatoms. The number of nitrogens with one attached hydrogen (secondary N) is 2. The zero-order valence-corrected chi connectivity index (χ0v) is 13.8. The summed E-state index contributed by atoms with van der Waals surface area (Å²) >= 11 is 1.71. The van der Waals surface area contributed by atoms with Crippen LogP contribution in [0.25, 0.3) is 0 Å². The summed E-state index contributed by atoms with van der Waals surface area (Å²) in [5, 5.41) is 7.90. The minimum absolute atomic E-state index is 0.113. The lowest BCUT2D eigenvalue weighted by molar-refractivity contribution is 0.238. The number of carbonyl (C=O) groups is 1. The summed E-state index contributed by atoms with van der Waals surface area (Å²) in [6.07, 6.45) is 1.67. The highest BCUT2D eigenvalue weighted by atomic mass is 32.1. The van der Waals surface area contributed by atoms with Gasteiger partial charge in [-0.25, -0.2) is 4.79 Å². The van der Waals surface area contributed by atoms with E-state index >= 15 is 0 Å². The Bertz CT molecular complexity index is 567. The molecule has 0 aliphatic carbocycles. The number of ether oxygens (including phenoxy) is 1. The fourth-order valence-corrected chi connectivity index (χ4v) is 3.00. The minimum atomic E-state index is -0.113. The van der Waals surface area contributed by atoms with Crippen LogP contribution in [0.1, 0.15) is 17.4 Å². The molecule has 2 N–H and O–H groups in total. The standard InChI is InChI=1S/C17H22N2O2S/c1-13(12-16-4-3-11-22-16)19-17(20)18-10-9-14-5-7-15(21-2)8-6-14/h3-8,11,13H,9-10,12H2,1-2H3,(H2,18,19,20)/t13-/m1/s1. The van der Waals surface area contributed by atoms with Crippen molar-refractivity contribution in [2.45, 2.75) is 25.8 Å². The number of benzene rings is 1. The van der Waals surface area contributed by atoms with Crippen LogP contribution >= 0.6 is 11.3 Å². The highest BCUT2D eigenvalue weighted by Crippen LogP contribution is 2.12. The quantitative estimate of drug-likeness (QED) is 0.823. The summed E-state index contributed by atoms with van der Waals surface area (Å²) in [6.45, 7) is 2.63. The molecule has 0 saturated carbocycles. The molecule has 0 unspecified atom stereocenters. The van der Waals surface area contributed by atoms with Gasteiger partial charge in [0.15, 0.2) is 0 Å². The molecule has 2 rings (SSSR count). The van der Waals surface area contributed by atoms with E-state index in [2.05, 4.69) is 22.1 Å². The fourth-order valence-electron chi connectivity index (χ4n) is 2.17. The first-order valence-corrected chi connectivity index (χ1v) is 8.25. The average molecular weight is 318 g/mol. The molecular formula is C17H22N2O2S. The lowest BCUT2D eigenvalue weighted by Crippen LogP contribution is -2.42. The molecule has 0 radical (unpaired) electrons. The topological polar surface area (TPSA) is 50.4 Å². The van der Waals surface area contributed by atoms with Crippen LogP contribution in [0.5, 0.6) is 5.75 Å². The normalized spacial score (nSPS) is 11.7. The third-order valence-corrected chi connectivity index (χ3v) is 4.22. The van der Waals surface area contributed by atoms with E-state index in [0.717, 1.165) is 18.6 Å². The highest BCUT2D eigenvalue weighted by Gasteiger charge is 2.08. The average Bonchev–Trinajstić information content (AvgIpc) is 3.00. The summed E-state index contributed by atoms with van der Waals surface area (Å²) in [6, 6.07) is 12.0. The molecule has 1 aromatic carbocycles. The molecule has 4 nitrogen and oxygen atoms in total. The number of amides is 2. The van der Waals surface area contributed by atoms with Crippen LogP contribution in [0.15, 0.2) is 41.8 Å². The van der Waals surface area contributed by atoms with Gasteiger partial charge in [-0.15, -0.1) is 11.3 Å². The molecule has 2 amide bonds. The third kappa shape index (κ3) is 5.41. The van der Waals surface area contributed by atoms with Gasteiger partial charge >= 0.3 is 6.03 Å². The maximum absolute atomic E-state index is 11.8. The zero-order chi connectivity index (χ0) is 15.8. The predicted molar refractivity (Wildman–Crippen MR) is 90.7 cm³/mol. The first kappa shape index (κ1) is 16.4. The van der Waals surface area contributed by atoms with Crippen molar-refractivity contribution in [1.29, 1.82) is 0 Å². The molecule has 1 atom stereocenters. The van der Waals surface area contributed by atoms with Gasteiger partial charge in [-0.05, 0) is 42.5 Å². The van der Waals surface area contributed by atoms with Gasteiger partial charge in [-0.3, -0.25) is 0 Å². The number of urea groups is 1.